The molecule has 1 amide bonds. The maximum absolute atomic E-state index is 11.6. The molecule has 0 spiro atoms. The Morgan fingerprint density at radius 3 is 2.59 bits per heavy atom. The number of aromatic nitrogens is 2. The van der Waals surface area contributed by atoms with Crippen LogP contribution in [0.3, 0.4) is 0 Å². The first-order valence-corrected chi connectivity index (χ1v) is 5.35. The zero-order chi connectivity index (χ0) is 13.0. The molecule has 1 heterocycles. The lowest BCUT2D eigenvalue weighted by molar-refractivity contribution is -0.118. The molecule has 6 heteroatoms. The summed E-state index contributed by atoms with van der Waals surface area (Å²) in [6, 6.07) is 0.274. The van der Waals surface area contributed by atoms with E-state index < -0.39 is 0 Å². The van der Waals surface area contributed by atoms with E-state index in [1.165, 1.54) is 7.11 Å². The van der Waals surface area contributed by atoms with Crippen molar-refractivity contribution in [1.82, 2.24) is 9.97 Å². The highest BCUT2D eigenvalue weighted by atomic mass is 16.5. The highest BCUT2D eigenvalue weighted by Crippen LogP contribution is 2.23. The normalized spacial score (nSPS) is 10.2. The smallest absolute Gasteiger partial charge is 0.318 e. The molecule has 0 radical (unpaired) electrons. The number of hydrogen-bond donors (Lipinski definition) is 1. The molecule has 0 fully saturated rings. The fourth-order valence-electron chi connectivity index (χ4n) is 1.16. The predicted molar refractivity (Wildman–Crippen MR) is 66.4 cm³/mol. The number of hydrogen-bond acceptors (Lipinski definition) is 5. The molecule has 0 aromatic carbocycles. The van der Waals surface area contributed by atoms with E-state index in [1.807, 2.05) is 27.9 Å². The van der Waals surface area contributed by atoms with Gasteiger partial charge in [-0.15, -0.1) is 0 Å². The van der Waals surface area contributed by atoms with E-state index in [1.54, 1.807) is 11.1 Å². The predicted octanol–water partition coefficient (Wildman–Crippen LogP) is 1.15. The minimum Gasteiger partial charge on any atom is -0.467 e. The average Bonchev–Trinajstić information content (AvgIpc) is 2.29. The SMILES string of the molecule is COc1ncc(NC(=O)C(C)C)c(N(C)C)n1. The van der Waals surface area contributed by atoms with Gasteiger partial charge in [-0.25, -0.2) is 4.98 Å². The van der Waals surface area contributed by atoms with Crippen LogP contribution in [0.15, 0.2) is 6.20 Å². The minimum atomic E-state index is -0.0906. The molecular weight excluding hydrogens is 220 g/mol. The molecule has 0 bridgehead atoms. The molecule has 1 N–H and O–H groups in total. The van der Waals surface area contributed by atoms with Crippen LogP contribution in [0, 0.1) is 5.92 Å². The van der Waals surface area contributed by atoms with Gasteiger partial charge >= 0.3 is 6.01 Å². The fourth-order valence-corrected chi connectivity index (χ4v) is 1.16. The standard InChI is InChI=1S/C11H18N4O2/c1-7(2)10(16)13-8-6-12-11(17-5)14-9(8)15(3)4/h6-7H,1-5H3,(H,13,16). The number of carbonyl (C=O) groups is 1. The average molecular weight is 238 g/mol. The van der Waals surface area contributed by atoms with Crippen molar-refractivity contribution in [3.8, 4) is 6.01 Å². The van der Waals surface area contributed by atoms with Gasteiger partial charge in [0.15, 0.2) is 5.82 Å². The second kappa shape index (κ2) is 5.47. The zero-order valence-corrected chi connectivity index (χ0v) is 10.8. The number of anilines is 2. The molecule has 0 saturated carbocycles. The highest BCUT2D eigenvalue weighted by molar-refractivity contribution is 5.94. The lowest BCUT2D eigenvalue weighted by Gasteiger charge is -2.17. The number of nitrogens with zero attached hydrogens (tertiary/aromatic N) is 3. The third kappa shape index (κ3) is 3.30. The van der Waals surface area contributed by atoms with Crippen molar-refractivity contribution in [2.75, 3.05) is 31.4 Å². The van der Waals surface area contributed by atoms with Gasteiger partial charge in [0, 0.05) is 20.0 Å². The van der Waals surface area contributed by atoms with Gasteiger partial charge in [0.2, 0.25) is 5.91 Å². The van der Waals surface area contributed by atoms with Crippen LogP contribution in [-0.4, -0.2) is 37.1 Å². The number of ether oxygens (including phenoxy) is 1. The van der Waals surface area contributed by atoms with Crippen molar-refractivity contribution in [2.45, 2.75) is 13.8 Å². The molecule has 0 atom stereocenters. The molecule has 0 aliphatic heterocycles. The number of nitrogens with one attached hydrogen (secondary N) is 1. The Morgan fingerprint density at radius 1 is 1.47 bits per heavy atom. The molecule has 0 unspecified atom stereocenters. The first-order valence-electron chi connectivity index (χ1n) is 5.35. The van der Waals surface area contributed by atoms with Crippen LogP contribution in [0.4, 0.5) is 11.5 Å². The van der Waals surface area contributed by atoms with Crippen LogP contribution in [0.2, 0.25) is 0 Å². The first-order chi connectivity index (χ1) is 7.95. The van der Waals surface area contributed by atoms with Crippen molar-refractivity contribution >= 4 is 17.4 Å². The topological polar surface area (TPSA) is 67.3 Å². The zero-order valence-electron chi connectivity index (χ0n) is 10.8. The number of amides is 1. The van der Waals surface area contributed by atoms with Gasteiger partial charge in [-0.3, -0.25) is 4.79 Å². The van der Waals surface area contributed by atoms with Crippen molar-refractivity contribution in [2.24, 2.45) is 5.92 Å². The maximum atomic E-state index is 11.6. The largest absolute Gasteiger partial charge is 0.467 e. The van der Waals surface area contributed by atoms with Crippen molar-refractivity contribution in [1.29, 1.82) is 0 Å². The van der Waals surface area contributed by atoms with Gasteiger partial charge in [0.25, 0.3) is 0 Å². The third-order valence-corrected chi connectivity index (χ3v) is 2.13. The van der Waals surface area contributed by atoms with E-state index in [0.717, 1.165) is 0 Å². The lowest BCUT2D eigenvalue weighted by Crippen LogP contribution is -2.21. The van der Waals surface area contributed by atoms with E-state index in [0.29, 0.717) is 11.5 Å². The van der Waals surface area contributed by atoms with Crippen LogP contribution < -0.4 is 15.0 Å². The van der Waals surface area contributed by atoms with Crippen molar-refractivity contribution in [3.63, 3.8) is 0 Å². The van der Waals surface area contributed by atoms with Gasteiger partial charge in [0.1, 0.15) is 5.69 Å². The molecule has 94 valence electrons. The Labute approximate surface area is 101 Å². The molecule has 17 heavy (non-hydrogen) atoms. The molecular formula is C11H18N4O2. The Bertz CT molecular complexity index is 404. The van der Waals surface area contributed by atoms with E-state index in [2.05, 4.69) is 15.3 Å². The van der Waals surface area contributed by atoms with E-state index in [-0.39, 0.29) is 17.8 Å². The maximum Gasteiger partial charge on any atom is 0.318 e. The number of rotatable bonds is 4. The Hall–Kier alpha value is -1.85. The summed E-state index contributed by atoms with van der Waals surface area (Å²) in [5.74, 6) is 0.458. The monoisotopic (exact) mass is 238 g/mol. The lowest BCUT2D eigenvalue weighted by atomic mass is 10.2. The molecule has 0 aliphatic carbocycles. The molecule has 0 saturated heterocycles. The molecule has 1 aromatic heterocycles. The van der Waals surface area contributed by atoms with E-state index in [4.69, 9.17) is 4.74 Å². The van der Waals surface area contributed by atoms with Crippen LogP contribution in [-0.2, 0) is 4.79 Å². The van der Waals surface area contributed by atoms with E-state index in [9.17, 15) is 4.79 Å². The molecule has 1 rings (SSSR count). The Morgan fingerprint density at radius 2 is 2.12 bits per heavy atom. The van der Waals surface area contributed by atoms with Crippen LogP contribution >= 0.6 is 0 Å². The first kappa shape index (κ1) is 13.2. The Kier molecular flexibility index (Phi) is 4.25. The quantitative estimate of drug-likeness (QED) is 0.852. The van der Waals surface area contributed by atoms with Crippen LogP contribution in [0.5, 0.6) is 6.01 Å². The summed E-state index contributed by atoms with van der Waals surface area (Å²) in [7, 11) is 5.18. The molecule has 6 nitrogen and oxygen atoms in total. The highest BCUT2D eigenvalue weighted by Gasteiger charge is 2.14. The third-order valence-electron chi connectivity index (χ3n) is 2.13. The summed E-state index contributed by atoms with van der Waals surface area (Å²) in [5.41, 5.74) is 0.578. The fraction of sp³-hybridized carbons (Fsp3) is 0.545. The van der Waals surface area contributed by atoms with Gasteiger partial charge < -0.3 is 15.0 Å². The summed E-state index contributed by atoms with van der Waals surface area (Å²) in [4.78, 5) is 21.6. The summed E-state index contributed by atoms with van der Waals surface area (Å²) >= 11 is 0. The van der Waals surface area contributed by atoms with Crippen molar-refractivity contribution in [3.05, 3.63) is 6.20 Å². The summed E-state index contributed by atoms with van der Waals surface area (Å²) in [6.07, 6.45) is 1.54. The van der Waals surface area contributed by atoms with Crippen LogP contribution in [0.25, 0.3) is 0 Å². The van der Waals surface area contributed by atoms with Gasteiger partial charge in [0.05, 0.1) is 13.3 Å². The van der Waals surface area contributed by atoms with Crippen LogP contribution in [0.1, 0.15) is 13.8 Å². The summed E-state index contributed by atoms with van der Waals surface area (Å²) < 4.78 is 4.95. The van der Waals surface area contributed by atoms with Crippen molar-refractivity contribution < 1.29 is 9.53 Å². The van der Waals surface area contributed by atoms with Gasteiger partial charge in [-0.2, -0.15) is 4.98 Å². The Balaban J connectivity index is 3.02. The number of methoxy groups -OCH3 is 1. The van der Waals surface area contributed by atoms with Gasteiger partial charge in [-0.1, -0.05) is 13.8 Å². The minimum absolute atomic E-state index is 0.0677. The summed E-state index contributed by atoms with van der Waals surface area (Å²) in [5, 5.41) is 2.78. The number of carbonyl (C=O) groups excluding carboxylic acids is 1. The molecule has 0 aliphatic rings. The molecule has 1 aromatic rings. The second-order valence-corrected chi connectivity index (χ2v) is 4.13. The van der Waals surface area contributed by atoms with Gasteiger partial charge in [-0.05, 0) is 0 Å². The second-order valence-electron chi connectivity index (χ2n) is 4.13. The van der Waals surface area contributed by atoms with E-state index >= 15 is 0 Å². The summed E-state index contributed by atoms with van der Waals surface area (Å²) in [6.45, 7) is 3.66.